The van der Waals surface area contributed by atoms with E-state index in [0.29, 0.717) is 17.5 Å². The predicted octanol–water partition coefficient (Wildman–Crippen LogP) is 4.07. The Bertz CT molecular complexity index is 922. The number of rotatable bonds is 5. The SMILES string of the molecule is COC(=O)[C@H](c1ccccc1F)[C@H]1C=C[C@H](NC(=O)c2ccc(C)cc2C)C1. The Kier molecular flexibility index (Phi) is 5.93. The van der Waals surface area contributed by atoms with Crippen LogP contribution in [0.4, 0.5) is 4.39 Å². The van der Waals surface area contributed by atoms with Crippen molar-refractivity contribution in [3.63, 3.8) is 0 Å². The summed E-state index contributed by atoms with van der Waals surface area (Å²) < 4.78 is 19.2. The third kappa shape index (κ3) is 4.14. The van der Waals surface area contributed by atoms with Gasteiger partial charge in [0.1, 0.15) is 5.82 Å². The van der Waals surface area contributed by atoms with E-state index in [0.717, 1.165) is 11.1 Å². The van der Waals surface area contributed by atoms with Gasteiger partial charge in [-0.15, -0.1) is 0 Å². The number of hydrogen-bond donors (Lipinski definition) is 1. The first kappa shape index (κ1) is 19.8. The van der Waals surface area contributed by atoms with Crippen molar-refractivity contribution in [2.45, 2.75) is 32.2 Å². The maximum absolute atomic E-state index is 14.3. The molecule has 0 fully saturated rings. The van der Waals surface area contributed by atoms with Gasteiger partial charge in [-0.25, -0.2) is 4.39 Å². The Morgan fingerprint density at radius 2 is 1.89 bits per heavy atom. The maximum atomic E-state index is 14.3. The van der Waals surface area contributed by atoms with Gasteiger partial charge in [-0.05, 0) is 43.9 Å². The van der Waals surface area contributed by atoms with Crippen molar-refractivity contribution >= 4 is 11.9 Å². The number of carbonyl (C=O) groups excluding carboxylic acids is 2. The molecule has 1 aliphatic rings. The first-order chi connectivity index (χ1) is 13.4. The summed E-state index contributed by atoms with van der Waals surface area (Å²) in [4.78, 5) is 25.0. The summed E-state index contributed by atoms with van der Waals surface area (Å²) in [6.45, 7) is 3.88. The van der Waals surface area contributed by atoms with Crippen LogP contribution in [0, 0.1) is 25.6 Å². The molecular formula is C23H24FNO3. The second kappa shape index (κ2) is 8.38. The molecule has 1 N–H and O–H groups in total. The van der Waals surface area contributed by atoms with Crippen LogP contribution in [0.15, 0.2) is 54.6 Å². The van der Waals surface area contributed by atoms with Crippen molar-refractivity contribution in [3.8, 4) is 0 Å². The van der Waals surface area contributed by atoms with Crippen molar-refractivity contribution in [2.75, 3.05) is 7.11 Å². The minimum absolute atomic E-state index is 0.159. The lowest BCUT2D eigenvalue weighted by Gasteiger charge is -2.22. The lowest BCUT2D eigenvalue weighted by atomic mass is 9.85. The van der Waals surface area contributed by atoms with Crippen molar-refractivity contribution in [1.29, 1.82) is 0 Å². The van der Waals surface area contributed by atoms with Crippen LogP contribution in [-0.4, -0.2) is 25.0 Å². The molecule has 1 aliphatic carbocycles. The highest BCUT2D eigenvalue weighted by molar-refractivity contribution is 5.96. The molecule has 0 aliphatic heterocycles. The largest absolute Gasteiger partial charge is 0.469 e. The Morgan fingerprint density at radius 3 is 2.57 bits per heavy atom. The van der Waals surface area contributed by atoms with Crippen LogP contribution in [0.25, 0.3) is 0 Å². The van der Waals surface area contributed by atoms with Gasteiger partial charge in [0.15, 0.2) is 0 Å². The van der Waals surface area contributed by atoms with Gasteiger partial charge in [-0.1, -0.05) is 48.0 Å². The smallest absolute Gasteiger partial charge is 0.313 e. The van der Waals surface area contributed by atoms with Gasteiger partial charge < -0.3 is 10.1 Å². The number of carbonyl (C=O) groups is 2. The van der Waals surface area contributed by atoms with E-state index in [-0.39, 0.29) is 17.9 Å². The van der Waals surface area contributed by atoms with Crippen LogP contribution < -0.4 is 5.32 Å². The zero-order chi connectivity index (χ0) is 20.3. The van der Waals surface area contributed by atoms with E-state index in [1.807, 2.05) is 44.2 Å². The minimum atomic E-state index is -0.745. The van der Waals surface area contributed by atoms with Gasteiger partial charge in [0, 0.05) is 17.2 Å². The van der Waals surface area contributed by atoms with E-state index in [2.05, 4.69) is 5.32 Å². The molecule has 0 unspecified atom stereocenters. The fourth-order valence-electron chi connectivity index (χ4n) is 3.78. The molecule has 4 nitrogen and oxygen atoms in total. The van der Waals surface area contributed by atoms with Gasteiger partial charge in [0.25, 0.3) is 5.91 Å². The van der Waals surface area contributed by atoms with Gasteiger partial charge in [-0.3, -0.25) is 9.59 Å². The van der Waals surface area contributed by atoms with Gasteiger partial charge in [0.05, 0.1) is 13.0 Å². The fourth-order valence-corrected chi connectivity index (χ4v) is 3.78. The highest BCUT2D eigenvalue weighted by Gasteiger charge is 2.35. The first-order valence-electron chi connectivity index (χ1n) is 9.29. The molecular weight excluding hydrogens is 357 g/mol. The number of nitrogens with one attached hydrogen (secondary N) is 1. The standard InChI is InChI=1S/C23H24FNO3/c1-14-8-11-18(15(2)12-14)22(26)25-17-10-9-16(13-17)21(23(27)28-3)19-6-4-5-7-20(19)24/h4-12,16-17,21H,13H2,1-3H3,(H,25,26)/t16-,17-,21-/m0/s1. The lowest BCUT2D eigenvalue weighted by molar-refractivity contribution is -0.143. The molecule has 5 heteroatoms. The van der Waals surface area contributed by atoms with Crippen LogP contribution in [-0.2, 0) is 9.53 Å². The number of ether oxygens (including phenoxy) is 1. The van der Waals surface area contributed by atoms with Crippen LogP contribution >= 0.6 is 0 Å². The van der Waals surface area contributed by atoms with Crippen LogP contribution in [0.2, 0.25) is 0 Å². The molecule has 0 heterocycles. The van der Waals surface area contributed by atoms with E-state index in [1.165, 1.54) is 13.2 Å². The second-order valence-corrected chi connectivity index (χ2v) is 7.21. The number of halogens is 1. The first-order valence-corrected chi connectivity index (χ1v) is 9.29. The normalized spacial score (nSPS) is 19.3. The minimum Gasteiger partial charge on any atom is -0.469 e. The van der Waals surface area contributed by atoms with E-state index in [1.54, 1.807) is 18.2 Å². The van der Waals surface area contributed by atoms with Crippen molar-refractivity contribution in [3.05, 3.63) is 82.7 Å². The van der Waals surface area contributed by atoms with Gasteiger partial charge in [0.2, 0.25) is 0 Å². The molecule has 0 spiro atoms. The lowest BCUT2D eigenvalue weighted by Crippen LogP contribution is -2.34. The number of allylic oxidation sites excluding steroid dienone is 1. The van der Waals surface area contributed by atoms with Gasteiger partial charge in [-0.2, -0.15) is 0 Å². The number of hydrogen-bond acceptors (Lipinski definition) is 3. The Balaban J connectivity index is 1.74. The molecule has 0 saturated carbocycles. The molecule has 146 valence electrons. The average Bonchev–Trinajstić information content (AvgIpc) is 3.11. The summed E-state index contributed by atoms with van der Waals surface area (Å²) in [5.41, 5.74) is 2.95. The molecule has 28 heavy (non-hydrogen) atoms. The highest BCUT2D eigenvalue weighted by atomic mass is 19.1. The summed E-state index contributed by atoms with van der Waals surface area (Å²) >= 11 is 0. The Morgan fingerprint density at radius 1 is 1.14 bits per heavy atom. The molecule has 0 saturated heterocycles. The zero-order valence-corrected chi connectivity index (χ0v) is 16.2. The molecule has 0 bridgehead atoms. The van der Waals surface area contributed by atoms with Gasteiger partial charge >= 0.3 is 5.97 Å². The zero-order valence-electron chi connectivity index (χ0n) is 16.2. The number of aryl methyl sites for hydroxylation is 2. The molecule has 0 radical (unpaired) electrons. The van der Waals surface area contributed by atoms with Crippen molar-refractivity contribution in [1.82, 2.24) is 5.32 Å². The summed E-state index contributed by atoms with van der Waals surface area (Å²) in [5.74, 6) is -2.08. The third-order valence-corrected chi connectivity index (χ3v) is 5.18. The third-order valence-electron chi connectivity index (χ3n) is 5.18. The summed E-state index contributed by atoms with van der Waals surface area (Å²) in [6, 6.07) is 11.7. The molecule has 2 aromatic carbocycles. The van der Waals surface area contributed by atoms with Crippen LogP contribution in [0.3, 0.4) is 0 Å². The highest BCUT2D eigenvalue weighted by Crippen LogP contribution is 2.35. The quantitative estimate of drug-likeness (QED) is 0.627. The van der Waals surface area contributed by atoms with Crippen LogP contribution in [0.5, 0.6) is 0 Å². The molecule has 2 aromatic rings. The number of esters is 1. The van der Waals surface area contributed by atoms with E-state index < -0.39 is 17.7 Å². The number of benzene rings is 2. The average molecular weight is 381 g/mol. The van der Waals surface area contributed by atoms with Crippen LogP contribution in [0.1, 0.15) is 39.4 Å². The maximum Gasteiger partial charge on any atom is 0.313 e. The van der Waals surface area contributed by atoms with E-state index in [4.69, 9.17) is 4.74 Å². The topological polar surface area (TPSA) is 55.4 Å². The molecule has 1 amide bonds. The second-order valence-electron chi connectivity index (χ2n) is 7.21. The summed E-state index contributed by atoms with van der Waals surface area (Å²) in [5, 5.41) is 2.99. The predicted molar refractivity (Wildman–Crippen MR) is 106 cm³/mol. The molecule has 3 atom stereocenters. The number of methoxy groups -OCH3 is 1. The summed E-state index contributed by atoms with van der Waals surface area (Å²) in [6.07, 6.45) is 4.23. The van der Waals surface area contributed by atoms with Crippen molar-refractivity contribution in [2.24, 2.45) is 5.92 Å². The fraction of sp³-hybridized carbons (Fsp3) is 0.304. The Labute approximate surface area is 164 Å². The molecule has 3 rings (SSSR count). The van der Waals surface area contributed by atoms with E-state index >= 15 is 0 Å². The monoisotopic (exact) mass is 381 g/mol. The Hall–Kier alpha value is -2.95. The number of amides is 1. The van der Waals surface area contributed by atoms with E-state index in [9.17, 15) is 14.0 Å². The van der Waals surface area contributed by atoms with Crippen molar-refractivity contribution < 1.29 is 18.7 Å². The summed E-state index contributed by atoms with van der Waals surface area (Å²) in [7, 11) is 1.30. The molecule has 0 aromatic heterocycles.